The molecule has 1 heteroatoms. The molecule has 0 aliphatic carbocycles. The van der Waals surface area contributed by atoms with Gasteiger partial charge in [-0.25, -0.2) is 0 Å². The molecule has 0 saturated carbocycles. The third-order valence-corrected chi connectivity index (χ3v) is 3.73. The summed E-state index contributed by atoms with van der Waals surface area (Å²) in [4.78, 5) is 0. The van der Waals surface area contributed by atoms with Crippen molar-refractivity contribution in [3.05, 3.63) is 35.4 Å². The fraction of sp³-hybridized carbons (Fsp3) is 0.647. The molecular formula is C17H28O. The Bertz CT molecular complexity index is 313. The molecular weight excluding hydrogens is 220 g/mol. The minimum atomic E-state index is -0.358. The molecule has 2 unspecified atom stereocenters. The van der Waals surface area contributed by atoms with Gasteiger partial charge in [0.1, 0.15) is 0 Å². The molecule has 0 saturated heterocycles. The molecule has 2 atom stereocenters. The van der Waals surface area contributed by atoms with E-state index in [0.717, 1.165) is 5.56 Å². The lowest BCUT2D eigenvalue weighted by atomic mass is 9.93. The van der Waals surface area contributed by atoms with Crippen LogP contribution in [-0.2, 0) is 0 Å². The first-order chi connectivity index (χ1) is 8.65. The second-order valence-electron chi connectivity index (χ2n) is 5.45. The van der Waals surface area contributed by atoms with Crippen molar-refractivity contribution in [1.82, 2.24) is 0 Å². The Morgan fingerprint density at radius 1 is 0.889 bits per heavy atom. The van der Waals surface area contributed by atoms with Crippen LogP contribution >= 0.6 is 0 Å². The van der Waals surface area contributed by atoms with Crippen LogP contribution in [0.15, 0.2) is 24.3 Å². The van der Waals surface area contributed by atoms with E-state index in [1.807, 2.05) is 19.1 Å². The lowest BCUT2D eigenvalue weighted by Gasteiger charge is -2.13. The van der Waals surface area contributed by atoms with E-state index in [1.165, 1.54) is 44.1 Å². The first-order valence-electron chi connectivity index (χ1n) is 7.43. The van der Waals surface area contributed by atoms with E-state index >= 15 is 0 Å². The van der Waals surface area contributed by atoms with Gasteiger partial charge in [0.05, 0.1) is 6.10 Å². The van der Waals surface area contributed by atoms with Gasteiger partial charge in [0.15, 0.2) is 0 Å². The highest BCUT2D eigenvalue weighted by Gasteiger charge is 2.06. The third kappa shape index (κ3) is 5.22. The van der Waals surface area contributed by atoms with Gasteiger partial charge in [-0.3, -0.25) is 0 Å². The predicted molar refractivity (Wildman–Crippen MR) is 78.9 cm³/mol. The van der Waals surface area contributed by atoms with E-state index in [9.17, 15) is 5.11 Å². The minimum Gasteiger partial charge on any atom is -0.389 e. The second-order valence-corrected chi connectivity index (χ2v) is 5.45. The predicted octanol–water partition coefficient (Wildman–Crippen LogP) is 5.20. The van der Waals surface area contributed by atoms with Crippen LogP contribution in [-0.4, -0.2) is 5.11 Å². The van der Waals surface area contributed by atoms with Gasteiger partial charge < -0.3 is 5.11 Å². The quantitative estimate of drug-likeness (QED) is 0.627. The number of hydrogen-bond donors (Lipinski definition) is 1. The lowest BCUT2D eigenvalue weighted by Crippen LogP contribution is -1.96. The maximum Gasteiger partial charge on any atom is 0.0761 e. The highest BCUT2D eigenvalue weighted by Crippen LogP contribution is 2.23. The topological polar surface area (TPSA) is 20.2 Å². The molecule has 1 N–H and O–H groups in total. The number of aliphatic hydroxyl groups excluding tert-OH is 1. The van der Waals surface area contributed by atoms with Crippen LogP contribution in [0.2, 0.25) is 0 Å². The highest BCUT2D eigenvalue weighted by atomic mass is 16.3. The summed E-state index contributed by atoms with van der Waals surface area (Å²) in [5, 5.41) is 9.48. The van der Waals surface area contributed by atoms with Crippen LogP contribution in [0.1, 0.15) is 82.4 Å². The first-order valence-corrected chi connectivity index (χ1v) is 7.43. The third-order valence-electron chi connectivity index (χ3n) is 3.73. The molecule has 0 aromatic heterocycles. The molecule has 102 valence electrons. The number of unbranched alkanes of at least 4 members (excludes halogenated alkanes) is 4. The van der Waals surface area contributed by atoms with Gasteiger partial charge in [0.25, 0.3) is 0 Å². The molecule has 0 fully saturated rings. The van der Waals surface area contributed by atoms with Crippen molar-refractivity contribution in [1.29, 1.82) is 0 Å². The van der Waals surface area contributed by atoms with Crippen molar-refractivity contribution in [2.45, 2.75) is 71.3 Å². The molecule has 0 heterocycles. The number of rotatable bonds is 8. The highest BCUT2D eigenvalue weighted by molar-refractivity contribution is 5.26. The summed E-state index contributed by atoms with van der Waals surface area (Å²) in [5.74, 6) is 0.634. The van der Waals surface area contributed by atoms with Gasteiger partial charge in [-0.1, -0.05) is 70.2 Å². The van der Waals surface area contributed by atoms with Crippen LogP contribution < -0.4 is 0 Å². The maximum atomic E-state index is 9.48. The molecule has 18 heavy (non-hydrogen) atoms. The van der Waals surface area contributed by atoms with E-state index in [4.69, 9.17) is 0 Å². The average molecular weight is 248 g/mol. The van der Waals surface area contributed by atoms with E-state index in [1.54, 1.807) is 0 Å². The van der Waals surface area contributed by atoms with Crippen molar-refractivity contribution in [3.63, 3.8) is 0 Å². The monoisotopic (exact) mass is 248 g/mol. The number of benzene rings is 1. The van der Waals surface area contributed by atoms with E-state index in [-0.39, 0.29) is 6.10 Å². The summed E-state index contributed by atoms with van der Waals surface area (Å²) in [6.07, 6.45) is 7.68. The molecule has 0 radical (unpaired) electrons. The van der Waals surface area contributed by atoms with Gasteiger partial charge in [0.2, 0.25) is 0 Å². The molecule has 0 amide bonds. The summed E-state index contributed by atoms with van der Waals surface area (Å²) in [7, 11) is 0. The SMILES string of the molecule is CCCCCCCC(C)c1ccc(C(C)O)cc1. The Morgan fingerprint density at radius 3 is 2.00 bits per heavy atom. The second kappa shape index (κ2) is 8.31. The molecule has 1 rings (SSSR count). The van der Waals surface area contributed by atoms with Crippen molar-refractivity contribution in [3.8, 4) is 0 Å². The van der Waals surface area contributed by atoms with Crippen LogP contribution in [0.25, 0.3) is 0 Å². The molecule has 1 nitrogen and oxygen atoms in total. The summed E-state index contributed by atoms with van der Waals surface area (Å²) in [5.41, 5.74) is 2.41. The Hall–Kier alpha value is -0.820. The molecule has 0 spiro atoms. The molecule has 0 bridgehead atoms. The summed E-state index contributed by atoms with van der Waals surface area (Å²) < 4.78 is 0. The summed E-state index contributed by atoms with van der Waals surface area (Å²) >= 11 is 0. The molecule has 1 aromatic carbocycles. The number of hydrogen-bond acceptors (Lipinski definition) is 1. The normalized spacial score (nSPS) is 14.4. The molecule has 0 aliphatic rings. The van der Waals surface area contributed by atoms with Gasteiger partial charge in [-0.2, -0.15) is 0 Å². The lowest BCUT2D eigenvalue weighted by molar-refractivity contribution is 0.199. The van der Waals surface area contributed by atoms with E-state index in [2.05, 4.69) is 26.0 Å². The van der Waals surface area contributed by atoms with E-state index < -0.39 is 0 Å². The van der Waals surface area contributed by atoms with Crippen LogP contribution in [0.3, 0.4) is 0 Å². The molecule has 1 aromatic rings. The fourth-order valence-corrected chi connectivity index (χ4v) is 2.32. The van der Waals surface area contributed by atoms with Gasteiger partial charge in [0, 0.05) is 0 Å². The minimum absolute atomic E-state index is 0.358. The zero-order valence-corrected chi connectivity index (χ0v) is 12.2. The van der Waals surface area contributed by atoms with Crippen LogP contribution in [0, 0.1) is 0 Å². The maximum absolute atomic E-state index is 9.48. The van der Waals surface area contributed by atoms with Crippen LogP contribution in [0.5, 0.6) is 0 Å². The first kappa shape index (κ1) is 15.2. The Labute approximate surface area is 112 Å². The van der Waals surface area contributed by atoms with Crippen molar-refractivity contribution in [2.75, 3.05) is 0 Å². The molecule has 0 aliphatic heterocycles. The zero-order chi connectivity index (χ0) is 13.4. The van der Waals surface area contributed by atoms with Crippen molar-refractivity contribution < 1.29 is 5.11 Å². The summed E-state index contributed by atoms with van der Waals surface area (Å²) in [6.45, 7) is 6.37. The van der Waals surface area contributed by atoms with Crippen molar-refractivity contribution in [2.24, 2.45) is 0 Å². The van der Waals surface area contributed by atoms with Gasteiger partial charge in [-0.15, -0.1) is 0 Å². The van der Waals surface area contributed by atoms with Gasteiger partial charge >= 0.3 is 0 Å². The summed E-state index contributed by atoms with van der Waals surface area (Å²) in [6, 6.07) is 8.43. The standard InChI is InChI=1S/C17H28O/c1-4-5-6-7-8-9-14(2)16-10-12-17(13-11-16)15(3)18/h10-15,18H,4-9H2,1-3H3. The van der Waals surface area contributed by atoms with Gasteiger partial charge in [-0.05, 0) is 30.4 Å². The smallest absolute Gasteiger partial charge is 0.0761 e. The fourth-order valence-electron chi connectivity index (χ4n) is 2.32. The van der Waals surface area contributed by atoms with Crippen molar-refractivity contribution >= 4 is 0 Å². The zero-order valence-electron chi connectivity index (χ0n) is 12.2. The Balaban J connectivity index is 2.34. The van der Waals surface area contributed by atoms with E-state index in [0.29, 0.717) is 5.92 Å². The number of aliphatic hydroxyl groups is 1. The Morgan fingerprint density at radius 2 is 1.44 bits per heavy atom. The average Bonchev–Trinajstić information content (AvgIpc) is 2.38. The largest absolute Gasteiger partial charge is 0.389 e. The Kier molecular flexibility index (Phi) is 7.04. The van der Waals surface area contributed by atoms with Crippen LogP contribution in [0.4, 0.5) is 0 Å².